The molecule has 0 heterocycles. The Morgan fingerprint density at radius 3 is 2.42 bits per heavy atom. The number of carbonyl (C=O) groups excluding carboxylic acids is 1. The monoisotopic (exact) mass is 364 g/mol. The standard InChI is InChI=1S/C19H22Cl2N2O/c1-13(2)15-6-4-14(5-7-15)11-23(3)12-19(24)22-18-10-16(20)8-9-17(18)21/h4-10,13H,11-12H2,1-3H3,(H,22,24). The van der Waals surface area contributed by atoms with Crippen LogP contribution in [-0.4, -0.2) is 24.4 Å². The van der Waals surface area contributed by atoms with Crippen molar-refractivity contribution in [2.75, 3.05) is 18.9 Å². The van der Waals surface area contributed by atoms with Gasteiger partial charge >= 0.3 is 0 Å². The van der Waals surface area contributed by atoms with Crippen molar-refractivity contribution in [3.05, 3.63) is 63.6 Å². The van der Waals surface area contributed by atoms with Gasteiger partial charge in [0.2, 0.25) is 5.91 Å². The number of likely N-dealkylation sites (N-methyl/N-ethyl adjacent to an activating group) is 1. The zero-order valence-corrected chi connectivity index (χ0v) is 15.7. The highest BCUT2D eigenvalue weighted by molar-refractivity contribution is 6.35. The molecule has 128 valence electrons. The fourth-order valence-corrected chi connectivity index (χ4v) is 2.74. The largest absolute Gasteiger partial charge is 0.324 e. The highest BCUT2D eigenvalue weighted by atomic mass is 35.5. The van der Waals surface area contributed by atoms with Gasteiger partial charge in [0.25, 0.3) is 0 Å². The number of nitrogens with one attached hydrogen (secondary N) is 1. The molecule has 2 rings (SSSR count). The molecule has 0 saturated carbocycles. The number of halogens is 2. The first-order valence-corrected chi connectivity index (χ1v) is 8.63. The van der Waals surface area contributed by atoms with Crippen molar-refractivity contribution in [2.45, 2.75) is 26.3 Å². The molecule has 0 fully saturated rings. The van der Waals surface area contributed by atoms with Gasteiger partial charge in [-0.05, 0) is 42.3 Å². The second-order valence-electron chi connectivity index (χ2n) is 6.24. The summed E-state index contributed by atoms with van der Waals surface area (Å²) in [5, 5.41) is 3.80. The average molecular weight is 365 g/mol. The molecule has 1 N–H and O–H groups in total. The minimum Gasteiger partial charge on any atom is -0.324 e. The third-order valence-corrected chi connectivity index (χ3v) is 4.28. The van der Waals surface area contributed by atoms with Crippen LogP contribution in [0.1, 0.15) is 30.9 Å². The summed E-state index contributed by atoms with van der Waals surface area (Å²) >= 11 is 12.0. The van der Waals surface area contributed by atoms with Gasteiger partial charge in [-0.3, -0.25) is 9.69 Å². The van der Waals surface area contributed by atoms with Crippen LogP contribution in [0.15, 0.2) is 42.5 Å². The van der Waals surface area contributed by atoms with E-state index in [0.29, 0.717) is 28.2 Å². The summed E-state index contributed by atoms with van der Waals surface area (Å²) in [5.74, 6) is 0.394. The van der Waals surface area contributed by atoms with E-state index in [1.165, 1.54) is 11.1 Å². The molecule has 1 amide bonds. The fourth-order valence-electron chi connectivity index (χ4n) is 2.40. The topological polar surface area (TPSA) is 32.3 Å². The van der Waals surface area contributed by atoms with Crippen LogP contribution in [0.25, 0.3) is 0 Å². The Kier molecular flexibility index (Phi) is 6.67. The Hall–Kier alpha value is -1.55. The van der Waals surface area contributed by atoms with Crippen LogP contribution >= 0.6 is 23.2 Å². The van der Waals surface area contributed by atoms with Crippen LogP contribution < -0.4 is 5.32 Å². The van der Waals surface area contributed by atoms with Gasteiger partial charge in [0.15, 0.2) is 0 Å². The van der Waals surface area contributed by atoms with E-state index in [9.17, 15) is 4.79 Å². The Morgan fingerprint density at radius 2 is 1.79 bits per heavy atom. The number of amides is 1. The zero-order chi connectivity index (χ0) is 17.7. The maximum absolute atomic E-state index is 12.2. The summed E-state index contributed by atoms with van der Waals surface area (Å²) in [6.07, 6.45) is 0. The number of hydrogen-bond acceptors (Lipinski definition) is 2. The maximum atomic E-state index is 12.2. The predicted molar refractivity (Wildman–Crippen MR) is 102 cm³/mol. The van der Waals surface area contributed by atoms with Crippen molar-refractivity contribution in [3.63, 3.8) is 0 Å². The first-order valence-electron chi connectivity index (χ1n) is 7.87. The Labute approximate surface area is 153 Å². The van der Waals surface area contributed by atoms with E-state index < -0.39 is 0 Å². The summed E-state index contributed by atoms with van der Waals surface area (Å²) < 4.78 is 0. The normalized spacial score (nSPS) is 11.1. The number of benzene rings is 2. The van der Waals surface area contributed by atoms with Gasteiger partial charge in [0.05, 0.1) is 17.3 Å². The lowest BCUT2D eigenvalue weighted by molar-refractivity contribution is -0.117. The molecule has 0 aliphatic carbocycles. The molecule has 0 unspecified atom stereocenters. The van der Waals surface area contributed by atoms with Crippen LogP contribution in [0.5, 0.6) is 0 Å². The lowest BCUT2D eigenvalue weighted by Gasteiger charge is -2.17. The first kappa shape index (κ1) is 18.8. The van der Waals surface area contributed by atoms with Crippen molar-refractivity contribution >= 4 is 34.8 Å². The van der Waals surface area contributed by atoms with Gasteiger partial charge in [-0.15, -0.1) is 0 Å². The first-order chi connectivity index (χ1) is 11.3. The number of nitrogens with zero attached hydrogens (tertiary/aromatic N) is 1. The molecule has 0 atom stereocenters. The number of carbonyl (C=O) groups is 1. The van der Waals surface area contributed by atoms with Gasteiger partial charge < -0.3 is 5.32 Å². The van der Waals surface area contributed by atoms with Crippen molar-refractivity contribution in [3.8, 4) is 0 Å². The third-order valence-electron chi connectivity index (χ3n) is 3.71. The van der Waals surface area contributed by atoms with Crippen molar-refractivity contribution in [2.24, 2.45) is 0 Å². The van der Waals surface area contributed by atoms with E-state index in [1.54, 1.807) is 18.2 Å². The van der Waals surface area contributed by atoms with Gasteiger partial charge in [-0.2, -0.15) is 0 Å². The summed E-state index contributed by atoms with van der Waals surface area (Å²) in [7, 11) is 1.91. The van der Waals surface area contributed by atoms with E-state index in [2.05, 4.69) is 43.4 Å². The summed E-state index contributed by atoms with van der Waals surface area (Å²) in [6.45, 7) is 5.32. The molecule has 0 aliphatic heterocycles. The molecule has 0 aliphatic rings. The van der Waals surface area contributed by atoms with Crippen LogP contribution in [0.3, 0.4) is 0 Å². The molecular formula is C19H22Cl2N2O. The summed E-state index contributed by atoms with van der Waals surface area (Å²) in [5.41, 5.74) is 3.02. The molecule has 0 saturated heterocycles. The second-order valence-corrected chi connectivity index (χ2v) is 7.08. The van der Waals surface area contributed by atoms with Crippen LogP contribution in [0, 0.1) is 0 Å². The Morgan fingerprint density at radius 1 is 1.12 bits per heavy atom. The third kappa shape index (κ3) is 5.52. The minimum absolute atomic E-state index is 0.125. The van der Waals surface area contributed by atoms with Crippen LogP contribution in [0.4, 0.5) is 5.69 Å². The Balaban J connectivity index is 1.90. The number of hydrogen-bond donors (Lipinski definition) is 1. The van der Waals surface area contributed by atoms with Gasteiger partial charge in [-0.25, -0.2) is 0 Å². The molecule has 2 aromatic rings. The smallest absolute Gasteiger partial charge is 0.238 e. The van der Waals surface area contributed by atoms with Gasteiger partial charge in [0, 0.05) is 11.6 Å². The molecule has 24 heavy (non-hydrogen) atoms. The van der Waals surface area contributed by atoms with Gasteiger partial charge in [-0.1, -0.05) is 61.3 Å². The van der Waals surface area contributed by atoms with Gasteiger partial charge in [0.1, 0.15) is 0 Å². The molecule has 5 heteroatoms. The highest BCUT2D eigenvalue weighted by Crippen LogP contribution is 2.25. The van der Waals surface area contributed by atoms with E-state index in [1.807, 2.05) is 11.9 Å². The zero-order valence-electron chi connectivity index (χ0n) is 14.1. The lowest BCUT2D eigenvalue weighted by Crippen LogP contribution is -2.29. The molecule has 0 bridgehead atoms. The summed E-state index contributed by atoms with van der Waals surface area (Å²) in [4.78, 5) is 14.1. The van der Waals surface area contributed by atoms with E-state index in [4.69, 9.17) is 23.2 Å². The number of anilines is 1. The van der Waals surface area contributed by atoms with E-state index >= 15 is 0 Å². The van der Waals surface area contributed by atoms with Crippen molar-refractivity contribution < 1.29 is 4.79 Å². The predicted octanol–water partition coefficient (Wildman–Crippen LogP) is 5.19. The molecule has 0 spiro atoms. The quantitative estimate of drug-likeness (QED) is 0.764. The number of rotatable bonds is 6. The van der Waals surface area contributed by atoms with Crippen LogP contribution in [-0.2, 0) is 11.3 Å². The highest BCUT2D eigenvalue weighted by Gasteiger charge is 2.10. The van der Waals surface area contributed by atoms with E-state index in [0.717, 1.165) is 0 Å². The van der Waals surface area contributed by atoms with E-state index in [-0.39, 0.29) is 12.5 Å². The maximum Gasteiger partial charge on any atom is 0.238 e. The molecule has 3 nitrogen and oxygen atoms in total. The van der Waals surface area contributed by atoms with Crippen molar-refractivity contribution in [1.29, 1.82) is 0 Å². The molecular weight excluding hydrogens is 343 g/mol. The molecule has 0 aromatic heterocycles. The molecule has 0 radical (unpaired) electrons. The minimum atomic E-state index is -0.125. The van der Waals surface area contributed by atoms with Crippen molar-refractivity contribution in [1.82, 2.24) is 4.90 Å². The lowest BCUT2D eigenvalue weighted by atomic mass is 10.0. The summed E-state index contributed by atoms with van der Waals surface area (Å²) in [6, 6.07) is 13.5. The Bertz CT molecular complexity index is 699. The average Bonchev–Trinajstić information content (AvgIpc) is 2.51. The van der Waals surface area contributed by atoms with Crippen LogP contribution in [0.2, 0.25) is 10.0 Å². The molecule has 2 aromatic carbocycles. The fraction of sp³-hybridized carbons (Fsp3) is 0.316. The second kappa shape index (κ2) is 8.52. The SMILES string of the molecule is CC(C)c1ccc(CN(C)CC(=O)Nc2cc(Cl)ccc2Cl)cc1.